The third-order valence-corrected chi connectivity index (χ3v) is 3.00. The molecule has 0 aromatic carbocycles. The van der Waals surface area contributed by atoms with Gasteiger partial charge < -0.3 is 20.8 Å². The number of aromatic nitrogens is 2. The zero-order valence-corrected chi connectivity index (χ0v) is 11.7. The van der Waals surface area contributed by atoms with Gasteiger partial charge in [-0.05, 0) is 13.8 Å². The quantitative estimate of drug-likeness (QED) is 0.747. The molecule has 1 aromatic rings. The number of rotatable bonds is 5. The molecule has 0 aliphatic rings. The second kappa shape index (κ2) is 5.29. The van der Waals surface area contributed by atoms with Crippen LogP contribution in [0.4, 0.5) is 5.82 Å². The highest BCUT2D eigenvalue weighted by Crippen LogP contribution is 2.24. The van der Waals surface area contributed by atoms with Gasteiger partial charge >= 0.3 is 5.97 Å². The summed E-state index contributed by atoms with van der Waals surface area (Å²) in [5.74, 6) is -0.227. The van der Waals surface area contributed by atoms with Crippen molar-refractivity contribution >= 4 is 17.7 Å². The lowest BCUT2D eigenvalue weighted by Crippen LogP contribution is -2.36. The summed E-state index contributed by atoms with van der Waals surface area (Å²) >= 11 is 0. The number of aryl methyl sites for hydroxylation is 1. The van der Waals surface area contributed by atoms with Crippen molar-refractivity contribution in [2.45, 2.75) is 33.7 Å². The number of methoxy groups -OCH3 is 1. The Hall–Kier alpha value is -2.05. The molecule has 0 saturated carbocycles. The maximum Gasteiger partial charge on any atom is 0.360 e. The van der Waals surface area contributed by atoms with Crippen LogP contribution in [0.15, 0.2) is 0 Å². The van der Waals surface area contributed by atoms with Gasteiger partial charge in [-0.15, -0.1) is 0 Å². The van der Waals surface area contributed by atoms with Gasteiger partial charge in [0.25, 0.3) is 0 Å². The Morgan fingerprint density at radius 2 is 2.00 bits per heavy atom. The van der Waals surface area contributed by atoms with Crippen LogP contribution in [0, 0.1) is 5.41 Å². The molecule has 0 aliphatic heterocycles. The molecule has 1 rings (SSSR count). The largest absolute Gasteiger partial charge is 0.464 e. The van der Waals surface area contributed by atoms with Gasteiger partial charge in [0, 0.05) is 13.0 Å². The van der Waals surface area contributed by atoms with Crippen LogP contribution in [0.3, 0.4) is 0 Å². The first-order valence-corrected chi connectivity index (χ1v) is 5.97. The van der Waals surface area contributed by atoms with E-state index in [9.17, 15) is 9.59 Å². The normalized spacial score (nSPS) is 11.4. The van der Waals surface area contributed by atoms with E-state index in [1.807, 2.05) is 6.92 Å². The molecule has 0 radical (unpaired) electrons. The van der Waals surface area contributed by atoms with Gasteiger partial charge in [-0.25, -0.2) is 9.78 Å². The Labute approximate surface area is 111 Å². The van der Waals surface area contributed by atoms with Gasteiger partial charge in [0.2, 0.25) is 5.91 Å². The number of hydrogen-bond donors (Lipinski definition) is 2. The van der Waals surface area contributed by atoms with Crippen LogP contribution < -0.4 is 11.5 Å². The molecule has 0 atom stereocenters. The first kappa shape index (κ1) is 15.0. The van der Waals surface area contributed by atoms with Gasteiger partial charge in [0.05, 0.1) is 12.5 Å². The molecular formula is C12H20N4O3. The number of carbonyl (C=O) groups is 2. The molecule has 7 nitrogen and oxygen atoms in total. The summed E-state index contributed by atoms with van der Waals surface area (Å²) < 4.78 is 6.26. The highest BCUT2D eigenvalue weighted by Gasteiger charge is 2.29. The first-order valence-electron chi connectivity index (χ1n) is 5.97. The Morgan fingerprint density at radius 3 is 2.42 bits per heavy atom. The first-order chi connectivity index (χ1) is 8.74. The topological polar surface area (TPSA) is 113 Å². The summed E-state index contributed by atoms with van der Waals surface area (Å²) in [5, 5.41) is 0. The number of nitrogens with two attached hydrogens (primary N) is 2. The molecule has 0 aliphatic carbocycles. The highest BCUT2D eigenvalue weighted by molar-refractivity contribution is 5.92. The minimum absolute atomic E-state index is 0.0691. The molecule has 0 fully saturated rings. The Morgan fingerprint density at radius 1 is 1.42 bits per heavy atom. The van der Waals surface area contributed by atoms with Crippen molar-refractivity contribution in [3.63, 3.8) is 0 Å². The van der Waals surface area contributed by atoms with Crippen LogP contribution >= 0.6 is 0 Å². The molecule has 0 spiro atoms. The fourth-order valence-corrected chi connectivity index (χ4v) is 1.68. The number of nitrogen functional groups attached to an aromatic ring is 1. The molecule has 1 aromatic heterocycles. The third-order valence-electron chi connectivity index (χ3n) is 3.00. The van der Waals surface area contributed by atoms with E-state index in [0.29, 0.717) is 12.2 Å². The summed E-state index contributed by atoms with van der Waals surface area (Å²) in [5.41, 5.74) is 10.5. The van der Waals surface area contributed by atoms with Gasteiger partial charge in [-0.2, -0.15) is 0 Å². The van der Waals surface area contributed by atoms with Crippen molar-refractivity contribution in [1.29, 1.82) is 0 Å². The van der Waals surface area contributed by atoms with E-state index in [4.69, 9.17) is 11.5 Å². The molecule has 7 heteroatoms. The van der Waals surface area contributed by atoms with E-state index in [1.165, 1.54) is 7.11 Å². The van der Waals surface area contributed by atoms with Crippen LogP contribution in [0.1, 0.15) is 37.1 Å². The zero-order valence-electron chi connectivity index (χ0n) is 11.7. The number of amides is 1. The SMILES string of the molecule is CCc1nc(C(=O)OC)c(N)n1CC(C)(C)C(N)=O. The molecule has 0 saturated heterocycles. The summed E-state index contributed by atoms with van der Waals surface area (Å²) in [6.07, 6.45) is 0.579. The number of anilines is 1. The number of carbonyl (C=O) groups excluding carboxylic acids is 2. The van der Waals surface area contributed by atoms with E-state index in [0.717, 1.165) is 0 Å². The van der Waals surface area contributed by atoms with E-state index in [1.54, 1.807) is 18.4 Å². The summed E-state index contributed by atoms with van der Waals surface area (Å²) in [6, 6.07) is 0. The van der Waals surface area contributed by atoms with Crippen molar-refractivity contribution in [3.8, 4) is 0 Å². The lowest BCUT2D eigenvalue weighted by Gasteiger charge is -2.22. The fourth-order valence-electron chi connectivity index (χ4n) is 1.68. The van der Waals surface area contributed by atoms with Crippen LogP contribution in [-0.2, 0) is 22.5 Å². The molecule has 0 unspecified atom stereocenters. The van der Waals surface area contributed by atoms with Crippen molar-refractivity contribution in [2.75, 3.05) is 12.8 Å². The molecule has 0 bridgehead atoms. The van der Waals surface area contributed by atoms with Crippen molar-refractivity contribution < 1.29 is 14.3 Å². The van der Waals surface area contributed by atoms with Gasteiger partial charge in [0.1, 0.15) is 11.6 Å². The Bertz CT molecular complexity index is 505. The number of primary amides is 1. The fraction of sp³-hybridized carbons (Fsp3) is 0.583. The number of nitrogens with zero attached hydrogens (tertiary/aromatic N) is 2. The van der Waals surface area contributed by atoms with Gasteiger partial charge in [0.15, 0.2) is 5.69 Å². The minimum Gasteiger partial charge on any atom is -0.464 e. The summed E-state index contributed by atoms with van der Waals surface area (Å²) in [4.78, 5) is 27.1. The van der Waals surface area contributed by atoms with Gasteiger partial charge in [-0.3, -0.25) is 4.79 Å². The van der Waals surface area contributed by atoms with Crippen LogP contribution in [0.25, 0.3) is 0 Å². The third kappa shape index (κ3) is 2.86. The monoisotopic (exact) mass is 268 g/mol. The molecule has 1 heterocycles. The summed E-state index contributed by atoms with van der Waals surface area (Å²) in [6.45, 7) is 5.58. The van der Waals surface area contributed by atoms with Crippen LogP contribution in [-0.4, -0.2) is 28.5 Å². The van der Waals surface area contributed by atoms with Crippen molar-refractivity contribution in [2.24, 2.45) is 11.1 Å². The lowest BCUT2D eigenvalue weighted by molar-refractivity contribution is -0.126. The number of imidazole rings is 1. The summed E-state index contributed by atoms with van der Waals surface area (Å²) in [7, 11) is 1.26. The molecule has 1 amide bonds. The number of ether oxygens (including phenoxy) is 1. The average Bonchev–Trinajstić information content (AvgIpc) is 2.65. The predicted molar refractivity (Wildman–Crippen MR) is 70.3 cm³/mol. The minimum atomic E-state index is -0.786. The van der Waals surface area contributed by atoms with E-state index in [2.05, 4.69) is 9.72 Å². The van der Waals surface area contributed by atoms with E-state index >= 15 is 0 Å². The maximum atomic E-state index is 11.5. The predicted octanol–water partition coefficient (Wildman–Crippen LogP) is 0.326. The molecule has 4 N–H and O–H groups in total. The molecule has 106 valence electrons. The van der Waals surface area contributed by atoms with Crippen molar-refractivity contribution in [1.82, 2.24) is 9.55 Å². The lowest BCUT2D eigenvalue weighted by atomic mass is 9.92. The zero-order chi connectivity index (χ0) is 14.8. The maximum absolute atomic E-state index is 11.5. The van der Waals surface area contributed by atoms with E-state index in [-0.39, 0.29) is 18.1 Å². The second-order valence-electron chi connectivity index (χ2n) is 4.94. The Balaban J connectivity index is 3.24. The van der Waals surface area contributed by atoms with E-state index < -0.39 is 17.3 Å². The van der Waals surface area contributed by atoms with Gasteiger partial charge in [-0.1, -0.05) is 6.92 Å². The van der Waals surface area contributed by atoms with Crippen molar-refractivity contribution in [3.05, 3.63) is 11.5 Å². The molecule has 19 heavy (non-hydrogen) atoms. The highest BCUT2D eigenvalue weighted by atomic mass is 16.5. The second-order valence-corrected chi connectivity index (χ2v) is 4.94. The Kier molecular flexibility index (Phi) is 4.18. The van der Waals surface area contributed by atoms with Crippen LogP contribution in [0.5, 0.6) is 0 Å². The van der Waals surface area contributed by atoms with Crippen LogP contribution in [0.2, 0.25) is 0 Å². The average molecular weight is 268 g/mol. The number of hydrogen-bond acceptors (Lipinski definition) is 5. The number of esters is 1. The standard InChI is InChI=1S/C12H20N4O3/c1-5-7-15-8(10(17)19-4)9(13)16(7)6-12(2,3)11(14)18/h5-6,13H2,1-4H3,(H2,14,18). The molecular weight excluding hydrogens is 248 g/mol. The smallest absolute Gasteiger partial charge is 0.360 e.